The Bertz CT molecular complexity index is 266. The largest absolute Gasteiger partial charge is 0.480 e. The maximum Gasteiger partial charge on any atom is 0.328 e. The Hall–Kier alpha value is -1.10. The Labute approximate surface area is 115 Å². The molecule has 0 bridgehead atoms. The number of hydrogen-bond donors (Lipinski definition) is 3. The van der Waals surface area contributed by atoms with Crippen molar-refractivity contribution >= 4 is 11.9 Å². The molecule has 112 valence electrons. The third-order valence-corrected chi connectivity index (χ3v) is 3.07. The Morgan fingerprint density at radius 1 is 1.05 bits per heavy atom. The summed E-state index contributed by atoms with van der Waals surface area (Å²) in [5, 5.41) is 20.4. The number of carboxylic acids is 1. The number of unbranched alkanes of at least 4 members (excludes halogenated alkanes) is 6. The molecule has 0 spiro atoms. The molecule has 1 amide bonds. The zero-order valence-corrected chi connectivity index (χ0v) is 12.0. The highest BCUT2D eigenvalue weighted by atomic mass is 16.4. The monoisotopic (exact) mass is 273 g/mol. The van der Waals surface area contributed by atoms with Crippen molar-refractivity contribution in [3.63, 3.8) is 0 Å². The molecule has 0 aromatic rings. The fourth-order valence-corrected chi connectivity index (χ4v) is 1.88. The zero-order chi connectivity index (χ0) is 14.7. The predicted molar refractivity (Wildman–Crippen MR) is 73.9 cm³/mol. The van der Waals surface area contributed by atoms with Gasteiger partial charge in [-0.05, 0) is 13.3 Å². The van der Waals surface area contributed by atoms with E-state index in [1.54, 1.807) is 0 Å². The third-order valence-electron chi connectivity index (χ3n) is 3.07. The lowest BCUT2D eigenvalue weighted by atomic mass is 10.1. The molecule has 0 saturated heterocycles. The highest BCUT2D eigenvalue weighted by Crippen LogP contribution is 2.08. The van der Waals surface area contributed by atoms with Crippen LogP contribution in [0.25, 0.3) is 0 Å². The van der Waals surface area contributed by atoms with Gasteiger partial charge in [-0.15, -0.1) is 0 Å². The van der Waals surface area contributed by atoms with Gasteiger partial charge in [-0.2, -0.15) is 0 Å². The molecular weight excluding hydrogens is 246 g/mol. The highest BCUT2D eigenvalue weighted by Gasteiger charge is 2.24. The number of aliphatic carboxylic acids is 1. The molecule has 3 N–H and O–H groups in total. The Balaban J connectivity index is 3.66. The topological polar surface area (TPSA) is 86.6 Å². The second-order valence-electron chi connectivity index (χ2n) is 5.00. The molecule has 0 aliphatic heterocycles. The number of hydrogen-bond acceptors (Lipinski definition) is 3. The van der Waals surface area contributed by atoms with Gasteiger partial charge >= 0.3 is 5.97 Å². The van der Waals surface area contributed by atoms with E-state index in [2.05, 4.69) is 12.2 Å². The van der Waals surface area contributed by atoms with Gasteiger partial charge in [0.25, 0.3) is 0 Å². The van der Waals surface area contributed by atoms with E-state index in [0.29, 0.717) is 6.42 Å². The lowest BCUT2D eigenvalue weighted by molar-refractivity contribution is -0.144. The van der Waals surface area contributed by atoms with Crippen molar-refractivity contribution in [1.82, 2.24) is 5.32 Å². The minimum atomic E-state index is -1.21. The number of amides is 1. The van der Waals surface area contributed by atoms with Crippen molar-refractivity contribution in [2.45, 2.75) is 77.4 Å². The molecule has 0 saturated carbocycles. The number of carboxylic acid groups (broad SMARTS) is 1. The van der Waals surface area contributed by atoms with Crippen molar-refractivity contribution in [3.05, 3.63) is 0 Å². The quantitative estimate of drug-likeness (QED) is 0.503. The van der Waals surface area contributed by atoms with Crippen molar-refractivity contribution in [2.24, 2.45) is 0 Å². The molecule has 0 aromatic carbocycles. The van der Waals surface area contributed by atoms with Crippen molar-refractivity contribution in [3.8, 4) is 0 Å². The second kappa shape index (κ2) is 10.8. The molecule has 5 heteroatoms. The molecule has 19 heavy (non-hydrogen) atoms. The Kier molecular flexibility index (Phi) is 10.2. The van der Waals surface area contributed by atoms with Crippen LogP contribution >= 0.6 is 0 Å². The summed E-state index contributed by atoms with van der Waals surface area (Å²) in [6, 6.07) is -1.21. The zero-order valence-electron chi connectivity index (χ0n) is 12.0. The van der Waals surface area contributed by atoms with Crippen LogP contribution < -0.4 is 5.32 Å². The summed E-state index contributed by atoms with van der Waals surface area (Å²) >= 11 is 0. The highest BCUT2D eigenvalue weighted by molar-refractivity contribution is 5.83. The maximum atomic E-state index is 11.5. The molecule has 0 heterocycles. The van der Waals surface area contributed by atoms with E-state index < -0.39 is 18.1 Å². The van der Waals surface area contributed by atoms with Gasteiger partial charge in [0.1, 0.15) is 0 Å². The van der Waals surface area contributed by atoms with E-state index in [1.807, 2.05) is 0 Å². The number of rotatable bonds is 11. The van der Waals surface area contributed by atoms with Crippen LogP contribution in [0, 0.1) is 0 Å². The average Bonchev–Trinajstić information content (AvgIpc) is 2.34. The van der Waals surface area contributed by atoms with E-state index in [0.717, 1.165) is 19.3 Å². The molecule has 0 rings (SSSR count). The summed E-state index contributed by atoms with van der Waals surface area (Å²) in [7, 11) is 0. The lowest BCUT2D eigenvalue weighted by Crippen LogP contribution is -2.47. The number of carbonyl (C=O) groups excluding carboxylic acids is 1. The second-order valence-corrected chi connectivity index (χ2v) is 5.00. The van der Waals surface area contributed by atoms with Gasteiger partial charge in [0.05, 0.1) is 6.10 Å². The number of aliphatic hydroxyl groups excluding tert-OH is 1. The van der Waals surface area contributed by atoms with Crippen molar-refractivity contribution in [2.75, 3.05) is 0 Å². The van der Waals surface area contributed by atoms with Gasteiger partial charge in [-0.25, -0.2) is 4.79 Å². The minimum absolute atomic E-state index is 0.304. The van der Waals surface area contributed by atoms with Crippen LogP contribution in [0.4, 0.5) is 0 Å². The van der Waals surface area contributed by atoms with E-state index in [4.69, 9.17) is 5.11 Å². The summed E-state index contributed by atoms with van der Waals surface area (Å²) in [6.07, 6.45) is 7.03. The summed E-state index contributed by atoms with van der Waals surface area (Å²) < 4.78 is 0. The van der Waals surface area contributed by atoms with Gasteiger partial charge in [0, 0.05) is 6.42 Å². The molecule has 0 aliphatic rings. The van der Waals surface area contributed by atoms with Crippen LogP contribution in [0.2, 0.25) is 0 Å². The predicted octanol–water partition coefficient (Wildman–Crippen LogP) is 2.08. The molecule has 0 fully saturated rings. The fraction of sp³-hybridized carbons (Fsp3) is 0.857. The van der Waals surface area contributed by atoms with E-state index in [-0.39, 0.29) is 5.91 Å². The number of nitrogens with one attached hydrogen (secondary N) is 1. The van der Waals surface area contributed by atoms with Crippen LogP contribution in [-0.2, 0) is 9.59 Å². The molecule has 0 aromatic heterocycles. The molecule has 5 nitrogen and oxygen atoms in total. The normalized spacial score (nSPS) is 13.8. The van der Waals surface area contributed by atoms with E-state index >= 15 is 0 Å². The summed E-state index contributed by atoms with van der Waals surface area (Å²) in [5.41, 5.74) is 0. The van der Waals surface area contributed by atoms with Gasteiger partial charge in [-0.1, -0.05) is 45.4 Å². The summed E-state index contributed by atoms with van der Waals surface area (Å²) in [6.45, 7) is 3.53. The standard InChI is InChI=1S/C14H27NO4/c1-3-4-5-6-7-8-9-10-12(17)15-13(11(2)16)14(18)19/h11,13,16H,3-10H2,1-2H3,(H,15,17)(H,18,19)/t11?,13-/m0/s1. The average molecular weight is 273 g/mol. The summed E-state index contributed by atoms with van der Waals surface area (Å²) in [4.78, 5) is 22.3. The Morgan fingerprint density at radius 2 is 1.58 bits per heavy atom. The van der Waals surface area contributed by atoms with Gasteiger partial charge in [0.2, 0.25) is 5.91 Å². The van der Waals surface area contributed by atoms with Crippen LogP contribution in [0.1, 0.15) is 65.2 Å². The first-order chi connectivity index (χ1) is 8.99. The third kappa shape index (κ3) is 9.47. The molecule has 2 atom stereocenters. The molecule has 0 radical (unpaired) electrons. The van der Waals surface area contributed by atoms with Crippen LogP contribution in [-0.4, -0.2) is 34.2 Å². The van der Waals surface area contributed by atoms with Gasteiger partial charge in [-0.3, -0.25) is 4.79 Å². The summed E-state index contributed by atoms with van der Waals surface area (Å²) in [5.74, 6) is -1.51. The molecule has 0 aliphatic carbocycles. The number of aliphatic hydroxyl groups is 1. The van der Waals surface area contributed by atoms with Crippen LogP contribution in [0.3, 0.4) is 0 Å². The maximum absolute atomic E-state index is 11.5. The van der Waals surface area contributed by atoms with Gasteiger partial charge in [0.15, 0.2) is 6.04 Å². The van der Waals surface area contributed by atoms with Gasteiger partial charge < -0.3 is 15.5 Å². The van der Waals surface area contributed by atoms with Crippen LogP contribution in [0.5, 0.6) is 0 Å². The van der Waals surface area contributed by atoms with Crippen molar-refractivity contribution in [1.29, 1.82) is 0 Å². The first-order valence-corrected chi connectivity index (χ1v) is 7.19. The Morgan fingerprint density at radius 3 is 2.05 bits per heavy atom. The van der Waals surface area contributed by atoms with Crippen molar-refractivity contribution < 1.29 is 19.8 Å². The molecular formula is C14H27NO4. The minimum Gasteiger partial charge on any atom is -0.480 e. The van der Waals surface area contributed by atoms with E-state index in [9.17, 15) is 14.7 Å². The molecule has 1 unspecified atom stereocenters. The number of carbonyl (C=O) groups is 2. The first kappa shape index (κ1) is 17.9. The smallest absolute Gasteiger partial charge is 0.328 e. The van der Waals surface area contributed by atoms with E-state index in [1.165, 1.54) is 32.6 Å². The lowest BCUT2D eigenvalue weighted by Gasteiger charge is -2.16. The first-order valence-electron chi connectivity index (χ1n) is 7.19. The fourth-order valence-electron chi connectivity index (χ4n) is 1.88. The SMILES string of the molecule is CCCCCCCCCC(=O)N[C@H](C(=O)O)C(C)O. The van der Waals surface area contributed by atoms with Crippen LogP contribution in [0.15, 0.2) is 0 Å².